The van der Waals surface area contributed by atoms with Crippen molar-refractivity contribution in [3.8, 4) is 0 Å². The minimum atomic E-state index is -0.958. The van der Waals surface area contributed by atoms with Crippen LogP contribution in [0.4, 0.5) is 10.2 Å². The Kier molecular flexibility index (Phi) is 4.73. The summed E-state index contributed by atoms with van der Waals surface area (Å²) in [5.74, 6) is 0.468. The Hall–Kier alpha value is -1.76. The average Bonchev–Trinajstić information content (AvgIpc) is 3.46. The smallest absolute Gasteiger partial charge is 0.228 e. The number of alkyl halides is 1. The van der Waals surface area contributed by atoms with Crippen LogP contribution < -0.4 is 5.32 Å². The van der Waals surface area contributed by atoms with E-state index in [0.29, 0.717) is 36.6 Å². The van der Waals surface area contributed by atoms with E-state index >= 15 is 4.39 Å². The van der Waals surface area contributed by atoms with E-state index in [0.717, 1.165) is 42.1 Å². The van der Waals surface area contributed by atoms with Crippen molar-refractivity contribution >= 4 is 34.1 Å². The summed E-state index contributed by atoms with van der Waals surface area (Å²) in [7, 11) is 0. The molecule has 2 unspecified atom stereocenters. The standard InChI is InChI=1S/C21H23ClFN3O2/c22-18-6-14-8-24-20(25-21(27)12-1-2-12)7-13(14)5-17(18)16-3-4-26(9-19(16)23)15-10-28-11-15/h5-8,12,15-16,19H,1-4,9-11H2,(H,24,25,27). The fourth-order valence-corrected chi connectivity index (χ4v) is 4.47. The molecule has 3 fully saturated rings. The lowest BCUT2D eigenvalue weighted by atomic mass is 9.86. The molecule has 1 aromatic heterocycles. The highest BCUT2D eigenvalue weighted by atomic mass is 35.5. The fraction of sp³-hybridized carbons (Fsp3) is 0.524. The summed E-state index contributed by atoms with van der Waals surface area (Å²) in [5, 5.41) is 5.26. The van der Waals surface area contributed by atoms with Crippen LogP contribution in [0.25, 0.3) is 10.8 Å². The van der Waals surface area contributed by atoms with Crippen LogP contribution in [-0.2, 0) is 9.53 Å². The largest absolute Gasteiger partial charge is 0.378 e. The number of pyridine rings is 1. The summed E-state index contributed by atoms with van der Waals surface area (Å²) in [6.07, 6.45) is 3.38. The van der Waals surface area contributed by atoms with Gasteiger partial charge >= 0.3 is 0 Å². The van der Waals surface area contributed by atoms with Crippen LogP contribution in [0.2, 0.25) is 5.02 Å². The predicted octanol–water partition coefficient (Wildman–Crippen LogP) is 3.76. The van der Waals surface area contributed by atoms with E-state index in [1.54, 1.807) is 6.20 Å². The predicted molar refractivity (Wildman–Crippen MR) is 107 cm³/mol. The van der Waals surface area contributed by atoms with Crippen LogP contribution in [-0.4, -0.2) is 54.3 Å². The molecular formula is C21H23ClFN3O2. The Morgan fingerprint density at radius 1 is 1.21 bits per heavy atom. The molecule has 148 valence electrons. The Morgan fingerprint density at radius 2 is 2.04 bits per heavy atom. The summed E-state index contributed by atoms with van der Waals surface area (Å²) in [6, 6.07) is 6.02. The van der Waals surface area contributed by atoms with Crippen molar-refractivity contribution in [2.45, 2.75) is 37.4 Å². The number of nitrogens with zero attached hydrogens (tertiary/aromatic N) is 2. The number of fused-ring (bicyclic) bond motifs is 1. The van der Waals surface area contributed by atoms with Crippen molar-refractivity contribution in [3.63, 3.8) is 0 Å². The maximum atomic E-state index is 15.0. The molecular weight excluding hydrogens is 381 g/mol. The molecule has 1 aliphatic carbocycles. The molecule has 0 spiro atoms. The molecule has 7 heteroatoms. The molecule has 1 N–H and O–H groups in total. The quantitative estimate of drug-likeness (QED) is 0.844. The number of halogens is 2. The van der Waals surface area contributed by atoms with Gasteiger partial charge in [-0.3, -0.25) is 9.69 Å². The third-order valence-electron chi connectivity index (χ3n) is 6.15. The number of aromatic nitrogens is 1. The number of benzene rings is 1. The number of likely N-dealkylation sites (tertiary alicyclic amines) is 1. The van der Waals surface area contributed by atoms with Crippen molar-refractivity contribution in [1.29, 1.82) is 0 Å². The normalized spacial score (nSPS) is 26.2. The fourth-order valence-electron chi connectivity index (χ4n) is 4.15. The van der Waals surface area contributed by atoms with Gasteiger partial charge in [-0.2, -0.15) is 0 Å². The molecule has 1 amide bonds. The van der Waals surface area contributed by atoms with Crippen LogP contribution in [0.15, 0.2) is 24.4 Å². The number of carbonyl (C=O) groups excluding carboxylic acids is 1. The monoisotopic (exact) mass is 403 g/mol. The molecule has 1 aromatic carbocycles. The summed E-state index contributed by atoms with van der Waals surface area (Å²) in [4.78, 5) is 18.5. The Labute approximate surface area is 168 Å². The third-order valence-corrected chi connectivity index (χ3v) is 6.47. The van der Waals surface area contributed by atoms with Gasteiger partial charge in [0, 0.05) is 35.0 Å². The van der Waals surface area contributed by atoms with Crippen molar-refractivity contribution in [2.75, 3.05) is 31.6 Å². The van der Waals surface area contributed by atoms with E-state index in [-0.39, 0.29) is 17.7 Å². The number of anilines is 1. The SMILES string of the molecule is O=C(Nc1cc2cc(C3CCN(C4COC4)CC3F)c(Cl)cc2cn1)C1CC1. The highest BCUT2D eigenvalue weighted by Gasteiger charge is 2.36. The Bertz CT molecular complexity index is 916. The summed E-state index contributed by atoms with van der Waals surface area (Å²) in [6.45, 7) is 2.69. The molecule has 0 bridgehead atoms. The zero-order chi connectivity index (χ0) is 19.3. The van der Waals surface area contributed by atoms with Crippen LogP contribution >= 0.6 is 11.6 Å². The molecule has 3 heterocycles. The van der Waals surface area contributed by atoms with E-state index in [4.69, 9.17) is 16.3 Å². The average molecular weight is 404 g/mol. The second-order valence-electron chi connectivity index (χ2n) is 8.15. The lowest BCUT2D eigenvalue weighted by molar-refractivity contribution is -0.117. The lowest BCUT2D eigenvalue weighted by Gasteiger charge is -2.43. The zero-order valence-corrected chi connectivity index (χ0v) is 16.3. The van der Waals surface area contributed by atoms with Crippen molar-refractivity contribution in [2.24, 2.45) is 5.92 Å². The van der Waals surface area contributed by atoms with E-state index < -0.39 is 6.17 Å². The number of piperidine rings is 1. The minimum Gasteiger partial charge on any atom is -0.378 e. The van der Waals surface area contributed by atoms with E-state index in [1.165, 1.54) is 0 Å². The Balaban J connectivity index is 1.38. The number of amides is 1. The number of carbonyl (C=O) groups is 1. The van der Waals surface area contributed by atoms with Gasteiger partial charge in [-0.25, -0.2) is 9.37 Å². The first-order chi connectivity index (χ1) is 13.6. The summed E-state index contributed by atoms with van der Waals surface area (Å²) >= 11 is 6.52. The van der Waals surface area contributed by atoms with Gasteiger partial charge in [-0.1, -0.05) is 11.6 Å². The first-order valence-corrected chi connectivity index (χ1v) is 10.3. The maximum absolute atomic E-state index is 15.0. The maximum Gasteiger partial charge on any atom is 0.228 e. The van der Waals surface area contributed by atoms with Crippen LogP contribution in [0.1, 0.15) is 30.7 Å². The zero-order valence-electron chi connectivity index (χ0n) is 15.5. The number of nitrogens with one attached hydrogen (secondary N) is 1. The van der Waals surface area contributed by atoms with Gasteiger partial charge in [-0.05, 0) is 55.0 Å². The molecule has 2 atom stereocenters. The molecule has 2 saturated heterocycles. The van der Waals surface area contributed by atoms with Gasteiger partial charge in [-0.15, -0.1) is 0 Å². The first-order valence-electron chi connectivity index (χ1n) is 9.94. The third kappa shape index (κ3) is 3.49. The summed E-state index contributed by atoms with van der Waals surface area (Å²) in [5.41, 5.74) is 0.844. The molecule has 2 aliphatic heterocycles. The minimum absolute atomic E-state index is 0.0252. The molecule has 5 nitrogen and oxygen atoms in total. The molecule has 28 heavy (non-hydrogen) atoms. The highest BCUT2D eigenvalue weighted by Crippen LogP contribution is 2.38. The van der Waals surface area contributed by atoms with Crippen LogP contribution in [0.3, 0.4) is 0 Å². The molecule has 2 aromatic rings. The van der Waals surface area contributed by atoms with Gasteiger partial charge < -0.3 is 10.1 Å². The second-order valence-corrected chi connectivity index (χ2v) is 8.56. The number of hydrogen-bond acceptors (Lipinski definition) is 4. The van der Waals surface area contributed by atoms with E-state index in [1.807, 2.05) is 18.2 Å². The summed E-state index contributed by atoms with van der Waals surface area (Å²) < 4.78 is 20.3. The first kappa shape index (κ1) is 18.3. The number of hydrogen-bond donors (Lipinski definition) is 1. The van der Waals surface area contributed by atoms with Crippen LogP contribution in [0, 0.1) is 5.92 Å². The molecule has 1 saturated carbocycles. The van der Waals surface area contributed by atoms with Gasteiger partial charge in [0.2, 0.25) is 5.91 Å². The second kappa shape index (κ2) is 7.25. The van der Waals surface area contributed by atoms with Gasteiger partial charge in [0.15, 0.2) is 0 Å². The van der Waals surface area contributed by atoms with Crippen LogP contribution in [0.5, 0.6) is 0 Å². The van der Waals surface area contributed by atoms with E-state index in [2.05, 4.69) is 15.2 Å². The lowest BCUT2D eigenvalue weighted by Crippen LogP contribution is -2.54. The van der Waals surface area contributed by atoms with Crippen molar-refractivity contribution < 1.29 is 13.9 Å². The number of ether oxygens (including phenoxy) is 1. The van der Waals surface area contributed by atoms with Gasteiger partial charge in [0.25, 0.3) is 0 Å². The van der Waals surface area contributed by atoms with Gasteiger partial charge in [0.1, 0.15) is 12.0 Å². The van der Waals surface area contributed by atoms with Crippen molar-refractivity contribution in [3.05, 3.63) is 35.0 Å². The molecule has 3 aliphatic rings. The molecule has 0 radical (unpaired) electrons. The van der Waals surface area contributed by atoms with E-state index in [9.17, 15) is 4.79 Å². The molecule has 5 rings (SSSR count). The number of rotatable bonds is 4. The highest BCUT2D eigenvalue weighted by molar-refractivity contribution is 6.32. The topological polar surface area (TPSA) is 54.5 Å². The van der Waals surface area contributed by atoms with Crippen molar-refractivity contribution in [1.82, 2.24) is 9.88 Å². The van der Waals surface area contributed by atoms with Gasteiger partial charge in [0.05, 0.1) is 19.3 Å². The Morgan fingerprint density at radius 3 is 2.71 bits per heavy atom.